The molecule has 7 heteroatoms. The summed E-state index contributed by atoms with van der Waals surface area (Å²) in [7, 11) is 0.240. The first kappa shape index (κ1) is 17.5. The van der Waals surface area contributed by atoms with Crippen LogP contribution in [0.15, 0.2) is 18.2 Å². The number of carbonyl (C=O) groups is 1. The molecule has 1 aromatic carbocycles. The molecular weight excluding hydrogens is 290 g/mol. The summed E-state index contributed by atoms with van der Waals surface area (Å²) >= 11 is 0. The number of amides is 1. The van der Waals surface area contributed by atoms with Crippen LogP contribution in [0, 0.1) is 6.92 Å². The van der Waals surface area contributed by atoms with Crippen LogP contribution in [0.5, 0.6) is 0 Å². The van der Waals surface area contributed by atoms with Gasteiger partial charge in [0.2, 0.25) is 10.0 Å². The Hall–Kier alpha value is -1.60. The summed E-state index contributed by atoms with van der Waals surface area (Å²) in [5.74, 6) is -0.123. The Morgan fingerprint density at radius 1 is 1.33 bits per heavy atom. The Labute approximate surface area is 126 Å². The van der Waals surface area contributed by atoms with Crippen LogP contribution in [0.4, 0.5) is 5.69 Å². The van der Waals surface area contributed by atoms with Crippen molar-refractivity contribution in [3.05, 3.63) is 29.3 Å². The smallest absolute Gasteiger partial charge is 0.253 e. The second-order valence-electron chi connectivity index (χ2n) is 5.09. The van der Waals surface area contributed by atoms with E-state index in [2.05, 4.69) is 10.0 Å². The maximum absolute atomic E-state index is 12.3. The maximum atomic E-state index is 12.3. The van der Waals surface area contributed by atoms with Gasteiger partial charge < -0.3 is 10.2 Å². The molecule has 0 fully saturated rings. The van der Waals surface area contributed by atoms with Gasteiger partial charge in [-0.1, -0.05) is 6.07 Å². The van der Waals surface area contributed by atoms with Gasteiger partial charge in [-0.05, 0) is 44.6 Å². The maximum Gasteiger partial charge on any atom is 0.253 e. The van der Waals surface area contributed by atoms with Crippen LogP contribution in [-0.2, 0) is 10.0 Å². The van der Waals surface area contributed by atoms with Crippen molar-refractivity contribution in [1.29, 1.82) is 0 Å². The van der Waals surface area contributed by atoms with Crippen LogP contribution in [0.25, 0.3) is 0 Å². The van der Waals surface area contributed by atoms with E-state index in [0.29, 0.717) is 17.8 Å². The minimum absolute atomic E-state index is 0.123. The lowest BCUT2D eigenvalue weighted by molar-refractivity contribution is 0.0794. The van der Waals surface area contributed by atoms with E-state index in [9.17, 15) is 13.2 Å². The summed E-state index contributed by atoms with van der Waals surface area (Å²) in [6.07, 6.45) is 1.95. The second kappa shape index (κ2) is 7.42. The topological polar surface area (TPSA) is 78.5 Å². The summed E-state index contributed by atoms with van der Waals surface area (Å²) in [6, 6.07) is 5.02. The highest BCUT2D eigenvalue weighted by molar-refractivity contribution is 7.92. The van der Waals surface area contributed by atoms with E-state index in [-0.39, 0.29) is 5.91 Å². The van der Waals surface area contributed by atoms with E-state index < -0.39 is 10.0 Å². The molecule has 0 heterocycles. The van der Waals surface area contributed by atoms with E-state index in [1.54, 1.807) is 37.1 Å². The fourth-order valence-electron chi connectivity index (χ4n) is 1.88. The first-order chi connectivity index (χ1) is 9.74. The zero-order chi connectivity index (χ0) is 16.0. The second-order valence-corrected chi connectivity index (χ2v) is 6.84. The van der Waals surface area contributed by atoms with Gasteiger partial charge in [0.15, 0.2) is 0 Å². The fraction of sp³-hybridized carbons (Fsp3) is 0.500. The van der Waals surface area contributed by atoms with Crippen molar-refractivity contribution < 1.29 is 13.2 Å². The molecule has 0 aliphatic heterocycles. The molecule has 0 spiro atoms. The number of carbonyl (C=O) groups excluding carboxylic acids is 1. The minimum atomic E-state index is -3.36. The van der Waals surface area contributed by atoms with E-state index in [1.165, 1.54) is 0 Å². The predicted molar refractivity (Wildman–Crippen MR) is 85.1 cm³/mol. The normalized spacial score (nSPS) is 11.2. The summed E-state index contributed by atoms with van der Waals surface area (Å²) < 4.78 is 25.1. The average molecular weight is 313 g/mol. The lowest BCUT2D eigenvalue weighted by Gasteiger charge is -2.18. The van der Waals surface area contributed by atoms with Gasteiger partial charge in [-0.25, -0.2) is 8.42 Å². The quantitative estimate of drug-likeness (QED) is 0.738. The lowest BCUT2D eigenvalue weighted by Crippen LogP contribution is -2.29. The fourth-order valence-corrected chi connectivity index (χ4v) is 2.50. The molecule has 0 aliphatic rings. The predicted octanol–water partition coefficient (Wildman–Crippen LogP) is 1.05. The Balaban J connectivity index is 2.88. The molecule has 2 N–H and O–H groups in total. The van der Waals surface area contributed by atoms with E-state index in [4.69, 9.17) is 0 Å². The third kappa shape index (κ3) is 5.73. The molecular formula is C14H23N3O3S. The number of benzene rings is 1. The highest BCUT2D eigenvalue weighted by atomic mass is 32.2. The van der Waals surface area contributed by atoms with Gasteiger partial charge >= 0.3 is 0 Å². The summed E-state index contributed by atoms with van der Waals surface area (Å²) in [4.78, 5) is 13.9. The molecule has 0 atom stereocenters. The molecule has 21 heavy (non-hydrogen) atoms. The van der Waals surface area contributed by atoms with Gasteiger partial charge in [-0.2, -0.15) is 0 Å². The van der Waals surface area contributed by atoms with Crippen LogP contribution in [0.1, 0.15) is 22.3 Å². The largest absolute Gasteiger partial charge is 0.342 e. The Bertz CT molecular complexity index is 599. The molecule has 118 valence electrons. The third-order valence-electron chi connectivity index (χ3n) is 3.05. The van der Waals surface area contributed by atoms with Crippen molar-refractivity contribution in [2.75, 3.05) is 38.2 Å². The van der Waals surface area contributed by atoms with E-state index >= 15 is 0 Å². The van der Waals surface area contributed by atoms with Gasteiger partial charge in [0, 0.05) is 19.2 Å². The molecule has 6 nitrogen and oxygen atoms in total. The van der Waals surface area contributed by atoms with Crippen molar-refractivity contribution in [1.82, 2.24) is 10.2 Å². The van der Waals surface area contributed by atoms with Gasteiger partial charge in [-0.3, -0.25) is 9.52 Å². The molecule has 0 unspecified atom stereocenters. The number of sulfonamides is 1. The molecule has 0 bridgehead atoms. The van der Waals surface area contributed by atoms with Crippen LogP contribution in [-0.4, -0.2) is 52.7 Å². The van der Waals surface area contributed by atoms with Crippen molar-refractivity contribution in [3.63, 3.8) is 0 Å². The Morgan fingerprint density at radius 2 is 2.00 bits per heavy atom. The van der Waals surface area contributed by atoms with E-state index in [0.717, 1.165) is 24.8 Å². The number of hydrogen-bond acceptors (Lipinski definition) is 4. The van der Waals surface area contributed by atoms with Gasteiger partial charge in [0.05, 0.1) is 11.9 Å². The average Bonchev–Trinajstić information content (AvgIpc) is 2.39. The van der Waals surface area contributed by atoms with Gasteiger partial charge in [0.25, 0.3) is 5.91 Å². The first-order valence-electron chi connectivity index (χ1n) is 6.73. The monoisotopic (exact) mass is 313 g/mol. The van der Waals surface area contributed by atoms with Crippen molar-refractivity contribution in [2.24, 2.45) is 0 Å². The van der Waals surface area contributed by atoms with Crippen LogP contribution < -0.4 is 10.0 Å². The van der Waals surface area contributed by atoms with Crippen LogP contribution in [0.2, 0.25) is 0 Å². The third-order valence-corrected chi connectivity index (χ3v) is 3.64. The number of hydrogen-bond donors (Lipinski definition) is 2. The van der Waals surface area contributed by atoms with Gasteiger partial charge in [-0.15, -0.1) is 0 Å². The lowest BCUT2D eigenvalue weighted by atomic mass is 10.1. The number of rotatable bonds is 7. The highest BCUT2D eigenvalue weighted by Crippen LogP contribution is 2.19. The zero-order valence-corrected chi connectivity index (χ0v) is 13.8. The number of anilines is 1. The SMILES string of the molecule is CNCCCN(C)C(=O)c1ccc(C)c(NS(C)(=O)=O)c1. The van der Waals surface area contributed by atoms with Crippen molar-refractivity contribution in [3.8, 4) is 0 Å². The van der Waals surface area contributed by atoms with E-state index in [1.807, 2.05) is 7.05 Å². The Morgan fingerprint density at radius 3 is 2.57 bits per heavy atom. The highest BCUT2D eigenvalue weighted by Gasteiger charge is 2.14. The standard InChI is InChI=1S/C14H23N3O3S/c1-11-6-7-12(10-13(11)16-21(4,19)20)14(18)17(3)9-5-8-15-2/h6-7,10,15-16H,5,8-9H2,1-4H3. The number of aryl methyl sites for hydroxylation is 1. The number of nitrogens with one attached hydrogen (secondary N) is 2. The molecule has 1 rings (SSSR count). The summed E-state index contributed by atoms with van der Waals surface area (Å²) in [6.45, 7) is 3.27. The summed E-state index contributed by atoms with van der Waals surface area (Å²) in [5, 5.41) is 3.03. The van der Waals surface area contributed by atoms with Crippen LogP contribution in [0.3, 0.4) is 0 Å². The molecule has 0 radical (unpaired) electrons. The van der Waals surface area contributed by atoms with Gasteiger partial charge in [0.1, 0.15) is 0 Å². The summed E-state index contributed by atoms with van der Waals surface area (Å²) in [5.41, 5.74) is 1.68. The molecule has 0 saturated carbocycles. The Kier molecular flexibility index (Phi) is 6.17. The molecule has 0 saturated heterocycles. The van der Waals surface area contributed by atoms with Crippen molar-refractivity contribution >= 4 is 21.6 Å². The molecule has 0 aromatic heterocycles. The zero-order valence-electron chi connectivity index (χ0n) is 12.9. The minimum Gasteiger partial charge on any atom is -0.342 e. The number of nitrogens with zero attached hydrogens (tertiary/aromatic N) is 1. The molecule has 0 aliphatic carbocycles. The molecule has 1 amide bonds. The van der Waals surface area contributed by atoms with Crippen LogP contribution >= 0.6 is 0 Å². The first-order valence-corrected chi connectivity index (χ1v) is 8.62. The molecule has 1 aromatic rings. The van der Waals surface area contributed by atoms with Crippen molar-refractivity contribution in [2.45, 2.75) is 13.3 Å².